The van der Waals surface area contributed by atoms with E-state index < -0.39 is 5.97 Å². The number of amides is 2. The third kappa shape index (κ3) is 4.49. The molecule has 0 fully saturated rings. The van der Waals surface area contributed by atoms with E-state index >= 15 is 0 Å². The lowest BCUT2D eigenvalue weighted by Gasteiger charge is -2.13. The van der Waals surface area contributed by atoms with Gasteiger partial charge in [0, 0.05) is 22.9 Å². The molecule has 0 saturated heterocycles. The van der Waals surface area contributed by atoms with E-state index in [4.69, 9.17) is 4.74 Å². The van der Waals surface area contributed by atoms with Gasteiger partial charge in [0.2, 0.25) is 11.8 Å². The van der Waals surface area contributed by atoms with Gasteiger partial charge in [0.15, 0.2) is 5.69 Å². The molecular formula is C23H27N3O4S. The van der Waals surface area contributed by atoms with Crippen LogP contribution in [0, 0.1) is 13.8 Å². The summed E-state index contributed by atoms with van der Waals surface area (Å²) in [6.45, 7) is 9.15. The summed E-state index contributed by atoms with van der Waals surface area (Å²) in [5.74, 6) is -1.14. The van der Waals surface area contributed by atoms with Crippen LogP contribution in [0.2, 0.25) is 0 Å². The van der Waals surface area contributed by atoms with Crippen LogP contribution in [0.25, 0.3) is 10.2 Å². The zero-order chi connectivity index (χ0) is 22.7. The van der Waals surface area contributed by atoms with Crippen molar-refractivity contribution in [1.29, 1.82) is 0 Å². The molecule has 8 heteroatoms. The van der Waals surface area contributed by atoms with Crippen LogP contribution in [0.4, 0.5) is 11.4 Å². The number of benzene rings is 1. The number of ether oxygens (including phenoxy) is 1. The van der Waals surface area contributed by atoms with Crippen LogP contribution in [-0.4, -0.2) is 29.0 Å². The van der Waals surface area contributed by atoms with Crippen molar-refractivity contribution in [3.63, 3.8) is 0 Å². The minimum atomic E-state index is -0.575. The average Bonchev–Trinajstić information content (AvgIpc) is 3.16. The Bertz CT molecular complexity index is 1160. The molecule has 164 valence electrons. The zero-order valence-corrected chi connectivity index (χ0v) is 19.2. The van der Waals surface area contributed by atoms with E-state index in [1.807, 2.05) is 45.0 Å². The first-order chi connectivity index (χ1) is 14.8. The van der Waals surface area contributed by atoms with E-state index in [1.165, 1.54) is 18.3 Å². The SMILES string of the molecule is CCOC(=O)c1c(NC(C)=O)c2c(C)c(C)sc2n1CC(=O)Nc1ccccc1CC. The summed E-state index contributed by atoms with van der Waals surface area (Å²) < 4.78 is 6.90. The van der Waals surface area contributed by atoms with Gasteiger partial charge in [-0.25, -0.2) is 4.79 Å². The Morgan fingerprint density at radius 3 is 2.45 bits per heavy atom. The van der Waals surface area contributed by atoms with Crippen molar-refractivity contribution in [2.45, 2.75) is 47.6 Å². The number of nitrogens with zero attached hydrogens (tertiary/aromatic N) is 1. The number of carbonyl (C=O) groups is 3. The molecule has 0 bridgehead atoms. The van der Waals surface area contributed by atoms with Crippen LogP contribution in [0.15, 0.2) is 24.3 Å². The van der Waals surface area contributed by atoms with Crippen LogP contribution in [0.1, 0.15) is 47.3 Å². The predicted octanol–water partition coefficient (Wildman–Crippen LogP) is 4.66. The van der Waals surface area contributed by atoms with Crippen LogP contribution in [-0.2, 0) is 27.3 Å². The maximum atomic E-state index is 13.0. The summed E-state index contributed by atoms with van der Waals surface area (Å²) in [6, 6.07) is 7.62. The van der Waals surface area contributed by atoms with E-state index in [9.17, 15) is 14.4 Å². The first-order valence-corrected chi connectivity index (χ1v) is 11.0. The Balaban J connectivity index is 2.10. The third-order valence-corrected chi connectivity index (χ3v) is 6.34. The van der Waals surface area contributed by atoms with E-state index in [0.717, 1.165) is 38.3 Å². The quantitative estimate of drug-likeness (QED) is 0.522. The molecule has 0 spiro atoms. The number of esters is 1. The lowest BCUT2D eigenvalue weighted by molar-refractivity contribution is -0.116. The molecule has 0 aliphatic carbocycles. The predicted molar refractivity (Wildman–Crippen MR) is 124 cm³/mol. The molecule has 3 aromatic rings. The van der Waals surface area contributed by atoms with Crippen LogP contribution >= 0.6 is 11.3 Å². The highest BCUT2D eigenvalue weighted by molar-refractivity contribution is 7.19. The van der Waals surface area contributed by atoms with Gasteiger partial charge in [0.25, 0.3) is 0 Å². The maximum Gasteiger partial charge on any atom is 0.357 e. The number of para-hydroxylation sites is 1. The van der Waals surface area contributed by atoms with Crippen LogP contribution in [0.5, 0.6) is 0 Å². The minimum absolute atomic E-state index is 0.0817. The van der Waals surface area contributed by atoms with Crippen molar-refractivity contribution in [3.05, 3.63) is 46.0 Å². The number of carbonyl (C=O) groups excluding carboxylic acids is 3. The topological polar surface area (TPSA) is 89.4 Å². The lowest BCUT2D eigenvalue weighted by atomic mass is 10.1. The monoisotopic (exact) mass is 441 g/mol. The van der Waals surface area contributed by atoms with Gasteiger partial charge in [-0.3, -0.25) is 9.59 Å². The second kappa shape index (κ2) is 9.34. The van der Waals surface area contributed by atoms with Crippen molar-refractivity contribution in [2.24, 2.45) is 0 Å². The molecule has 3 rings (SSSR count). The highest BCUT2D eigenvalue weighted by Crippen LogP contribution is 2.40. The molecule has 1 aromatic carbocycles. The van der Waals surface area contributed by atoms with Crippen LogP contribution < -0.4 is 10.6 Å². The molecule has 0 saturated carbocycles. The second-order valence-corrected chi connectivity index (χ2v) is 8.44. The van der Waals surface area contributed by atoms with E-state index in [1.54, 1.807) is 11.5 Å². The van der Waals surface area contributed by atoms with Gasteiger partial charge in [-0.05, 0) is 44.4 Å². The summed E-state index contributed by atoms with van der Waals surface area (Å²) in [6.07, 6.45) is 0.786. The summed E-state index contributed by atoms with van der Waals surface area (Å²) in [7, 11) is 0. The number of aromatic nitrogens is 1. The number of hydrogen-bond acceptors (Lipinski definition) is 5. The molecule has 2 aromatic heterocycles. The summed E-state index contributed by atoms with van der Waals surface area (Å²) in [5, 5.41) is 6.50. The fraction of sp³-hybridized carbons (Fsp3) is 0.348. The fourth-order valence-electron chi connectivity index (χ4n) is 3.59. The Hall–Kier alpha value is -3.13. The normalized spacial score (nSPS) is 10.9. The number of thiophene rings is 1. The van der Waals surface area contributed by atoms with Crippen molar-refractivity contribution in [2.75, 3.05) is 17.2 Å². The first kappa shape index (κ1) is 22.6. The first-order valence-electron chi connectivity index (χ1n) is 10.2. The van der Waals surface area contributed by atoms with E-state index in [-0.39, 0.29) is 30.7 Å². The number of anilines is 2. The summed E-state index contributed by atoms with van der Waals surface area (Å²) in [4.78, 5) is 39.5. The number of nitrogens with one attached hydrogen (secondary N) is 2. The maximum absolute atomic E-state index is 13.0. The van der Waals surface area contributed by atoms with E-state index in [2.05, 4.69) is 10.6 Å². The van der Waals surface area contributed by atoms with Crippen molar-refractivity contribution < 1.29 is 19.1 Å². The van der Waals surface area contributed by atoms with Gasteiger partial charge in [-0.1, -0.05) is 25.1 Å². The Labute approximate surface area is 185 Å². The Morgan fingerprint density at radius 1 is 1.10 bits per heavy atom. The molecule has 2 amide bonds. The molecule has 0 radical (unpaired) electrons. The van der Waals surface area contributed by atoms with Gasteiger partial charge in [-0.15, -0.1) is 11.3 Å². The van der Waals surface area contributed by atoms with Gasteiger partial charge in [0.1, 0.15) is 11.4 Å². The minimum Gasteiger partial charge on any atom is -0.461 e. The lowest BCUT2D eigenvalue weighted by Crippen LogP contribution is -2.23. The smallest absolute Gasteiger partial charge is 0.357 e. The average molecular weight is 442 g/mol. The molecule has 2 N–H and O–H groups in total. The number of aryl methyl sites for hydroxylation is 3. The molecule has 0 aliphatic rings. The summed E-state index contributed by atoms with van der Waals surface area (Å²) >= 11 is 1.48. The summed E-state index contributed by atoms with van der Waals surface area (Å²) in [5.41, 5.74) is 3.31. The highest BCUT2D eigenvalue weighted by Gasteiger charge is 2.29. The van der Waals surface area contributed by atoms with Crippen LogP contribution in [0.3, 0.4) is 0 Å². The van der Waals surface area contributed by atoms with Crippen molar-refractivity contribution >= 4 is 50.7 Å². The van der Waals surface area contributed by atoms with Gasteiger partial charge in [0.05, 0.1) is 12.3 Å². The molecular weight excluding hydrogens is 414 g/mol. The molecule has 0 aliphatic heterocycles. The largest absolute Gasteiger partial charge is 0.461 e. The van der Waals surface area contributed by atoms with Gasteiger partial charge >= 0.3 is 5.97 Å². The molecule has 0 atom stereocenters. The Morgan fingerprint density at radius 2 is 1.81 bits per heavy atom. The number of hydrogen-bond donors (Lipinski definition) is 2. The number of rotatable bonds is 7. The standard InChI is InChI=1S/C23H27N3O4S/c1-6-16-10-8-9-11-17(16)25-18(28)12-26-21(23(29)30-7-2)20(24-15(5)27)19-13(3)14(4)31-22(19)26/h8-11H,6-7,12H2,1-5H3,(H,24,27)(H,25,28). The van der Waals surface area contributed by atoms with Gasteiger partial charge < -0.3 is 19.9 Å². The molecule has 7 nitrogen and oxygen atoms in total. The number of fused-ring (bicyclic) bond motifs is 1. The third-order valence-electron chi connectivity index (χ3n) is 5.11. The van der Waals surface area contributed by atoms with E-state index in [0.29, 0.717) is 5.69 Å². The second-order valence-electron chi connectivity index (χ2n) is 7.23. The molecule has 2 heterocycles. The zero-order valence-electron chi connectivity index (χ0n) is 18.4. The highest BCUT2D eigenvalue weighted by atomic mass is 32.1. The van der Waals surface area contributed by atoms with Crippen molar-refractivity contribution in [3.8, 4) is 0 Å². The van der Waals surface area contributed by atoms with Gasteiger partial charge in [-0.2, -0.15) is 0 Å². The molecule has 0 unspecified atom stereocenters. The molecule has 31 heavy (non-hydrogen) atoms. The Kier molecular flexibility index (Phi) is 6.80. The van der Waals surface area contributed by atoms with Crippen molar-refractivity contribution in [1.82, 2.24) is 4.57 Å². The fourth-order valence-corrected chi connectivity index (χ4v) is 4.76.